The Morgan fingerprint density at radius 2 is 1.80 bits per heavy atom. The molecule has 3 N–H and O–H groups in total. The van der Waals surface area contributed by atoms with Crippen molar-refractivity contribution in [1.29, 1.82) is 0 Å². The van der Waals surface area contributed by atoms with Crippen LogP contribution in [0.2, 0.25) is 0 Å². The highest BCUT2D eigenvalue weighted by Gasteiger charge is 2.09. The quantitative estimate of drug-likeness (QED) is 0.271. The fourth-order valence-corrected chi connectivity index (χ4v) is 3.04. The van der Waals surface area contributed by atoms with Gasteiger partial charge in [0, 0.05) is 25.3 Å². The summed E-state index contributed by atoms with van der Waals surface area (Å²) < 4.78 is 5.36. The summed E-state index contributed by atoms with van der Waals surface area (Å²) in [4.78, 5) is 6.95. The normalized spacial score (nSPS) is 15.7. The van der Waals surface area contributed by atoms with Gasteiger partial charge in [0.2, 0.25) is 0 Å². The van der Waals surface area contributed by atoms with Gasteiger partial charge in [-0.1, -0.05) is 32.0 Å². The molecule has 1 aromatic carbocycles. The van der Waals surface area contributed by atoms with E-state index < -0.39 is 0 Å². The Bertz CT molecular complexity index is 508. The molecule has 0 bridgehead atoms. The van der Waals surface area contributed by atoms with Gasteiger partial charge in [-0.2, -0.15) is 0 Å². The lowest BCUT2D eigenvalue weighted by Gasteiger charge is -2.26. The molecule has 1 aromatic rings. The summed E-state index contributed by atoms with van der Waals surface area (Å²) in [5, 5.41) is 3.32. The van der Waals surface area contributed by atoms with Gasteiger partial charge >= 0.3 is 0 Å². The summed E-state index contributed by atoms with van der Waals surface area (Å²) in [5.74, 6) is 0.525. The molecule has 25 heavy (non-hydrogen) atoms. The lowest BCUT2D eigenvalue weighted by atomic mass is 10.0. The minimum absolute atomic E-state index is 0. The van der Waals surface area contributed by atoms with Gasteiger partial charge in [-0.05, 0) is 43.4 Å². The number of nitrogens with one attached hydrogen (secondary N) is 1. The Morgan fingerprint density at radius 3 is 2.40 bits per heavy atom. The first kappa shape index (κ1) is 22.2. The van der Waals surface area contributed by atoms with Crippen LogP contribution in [-0.2, 0) is 17.6 Å². The highest BCUT2D eigenvalue weighted by molar-refractivity contribution is 14.0. The summed E-state index contributed by atoms with van der Waals surface area (Å²) in [5.41, 5.74) is 9.81. The van der Waals surface area contributed by atoms with Crippen LogP contribution in [0.4, 0.5) is 5.69 Å². The molecule has 0 unspecified atom stereocenters. The van der Waals surface area contributed by atoms with Crippen molar-refractivity contribution in [2.45, 2.75) is 39.5 Å². The molecule has 1 fully saturated rings. The first-order valence-corrected chi connectivity index (χ1v) is 9.22. The van der Waals surface area contributed by atoms with Crippen LogP contribution < -0.4 is 11.1 Å². The van der Waals surface area contributed by atoms with Gasteiger partial charge in [-0.3, -0.25) is 9.89 Å². The van der Waals surface area contributed by atoms with Crippen molar-refractivity contribution in [3.63, 3.8) is 0 Å². The molecule has 142 valence electrons. The Hall–Kier alpha value is -0.860. The lowest BCUT2D eigenvalue weighted by molar-refractivity contribution is 0.0373. The number of guanidine groups is 1. The number of hydrogen-bond acceptors (Lipinski definition) is 3. The van der Waals surface area contributed by atoms with Crippen molar-refractivity contribution in [2.75, 3.05) is 44.7 Å². The fraction of sp³-hybridized carbons (Fsp3) is 0.632. The maximum atomic E-state index is 6.09. The van der Waals surface area contributed by atoms with Crippen LogP contribution in [0.5, 0.6) is 0 Å². The van der Waals surface area contributed by atoms with E-state index in [1.165, 1.54) is 11.1 Å². The molecule has 0 radical (unpaired) electrons. The number of aryl methyl sites for hydroxylation is 2. The number of rotatable bonds is 8. The average molecular weight is 460 g/mol. The van der Waals surface area contributed by atoms with Crippen LogP contribution in [0.3, 0.4) is 0 Å². The first-order chi connectivity index (χ1) is 11.7. The van der Waals surface area contributed by atoms with Crippen LogP contribution in [0.1, 0.15) is 37.8 Å². The second-order valence-corrected chi connectivity index (χ2v) is 6.21. The molecule has 1 saturated heterocycles. The summed E-state index contributed by atoms with van der Waals surface area (Å²) >= 11 is 0. The molecule has 2 rings (SSSR count). The minimum atomic E-state index is 0. The van der Waals surface area contributed by atoms with E-state index in [0.717, 1.165) is 70.8 Å². The van der Waals surface area contributed by atoms with Crippen LogP contribution in [-0.4, -0.2) is 50.3 Å². The monoisotopic (exact) mass is 460 g/mol. The molecule has 5 nitrogen and oxygen atoms in total. The molecule has 1 aliphatic heterocycles. The number of nitrogens with two attached hydrogens (primary N) is 1. The van der Waals surface area contributed by atoms with Crippen molar-refractivity contribution >= 4 is 35.6 Å². The van der Waals surface area contributed by atoms with Crippen molar-refractivity contribution in [3.05, 3.63) is 29.3 Å². The van der Waals surface area contributed by atoms with Crippen molar-refractivity contribution in [3.8, 4) is 0 Å². The van der Waals surface area contributed by atoms with Crippen LogP contribution in [0.25, 0.3) is 0 Å². The number of ether oxygens (including phenoxy) is 1. The molecule has 0 aliphatic carbocycles. The standard InChI is InChI=1S/C19H32N4O.HI/c1-3-16-8-7-9-17(4-2)18(16)22-19(20)21-10-5-6-11-23-12-14-24-15-13-23;/h7-9H,3-6,10-15H2,1-2H3,(H3,20,21,22);1H. The van der Waals surface area contributed by atoms with E-state index in [1.54, 1.807) is 0 Å². The second kappa shape index (κ2) is 12.5. The topological polar surface area (TPSA) is 62.9 Å². The van der Waals surface area contributed by atoms with Crippen LogP contribution in [0.15, 0.2) is 23.2 Å². The highest BCUT2D eigenvalue weighted by Crippen LogP contribution is 2.22. The number of benzene rings is 1. The van der Waals surface area contributed by atoms with Gasteiger partial charge < -0.3 is 15.8 Å². The number of halogens is 1. The molecule has 0 spiro atoms. The van der Waals surface area contributed by atoms with Gasteiger partial charge in [0.25, 0.3) is 0 Å². The summed E-state index contributed by atoms with van der Waals surface area (Å²) in [6.45, 7) is 10.1. The number of morpholine rings is 1. The van der Waals surface area contributed by atoms with E-state index in [1.807, 2.05) is 0 Å². The van der Waals surface area contributed by atoms with E-state index in [9.17, 15) is 0 Å². The third-order valence-electron chi connectivity index (χ3n) is 4.52. The predicted octanol–water partition coefficient (Wildman–Crippen LogP) is 3.27. The van der Waals surface area contributed by atoms with Gasteiger partial charge in [0.15, 0.2) is 5.96 Å². The maximum absolute atomic E-state index is 6.09. The molecule has 0 aromatic heterocycles. The second-order valence-electron chi connectivity index (χ2n) is 6.21. The maximum Gasteiger partial charge on any atom is 0.193 e. The van der Waals surface area contributed by atoms with Gasteiger partial charge in [-0.25, -0.2) is 0 Å². The molecular weight excluding hydrogens is 427 g/mol. The predicted molar refractivity (Wildman–Crippen MR) is 117 cm³/mol. The van der Waals surface area contributed by atoms with Crippen molar-refractivity contribution < 1.29 is 4.74 Å². The highest BCUT2D eigenvalue weighted by atomic mass is 127. The Labute approximate surface area is 169 Å². The molecule has 0 atom stereocenters. The van der Waals surface area contributed by atoms with Crippen LogP contribution >= 0.6 is 24.0 Å². The molecular formula is C19H33IN4O. The number of para-hydroxylation sites is 1. The van der Waals surface area contributed by atoms with Gasteiger partial charge in [0.1, 0.15) is 0 Å². The van der Waals surface area contributed by atoms with Crippen molar-refractivity contribution in [1.82, 2.24) is 4.90 Å². The third kappa shape index (κ3) is 7.50. The van der Waals surface area contributed by atoms with E-state index in [4.69, 9.17) is 10.5 Å². The Balaban J connectivity index is 0.00000312. The van der Waals surface area contributed by atoms with Crippen LogP contribution in [0, 0.1) is 0 Å². The number of unbranched alkanes of at least 4 members (excludes halogenated alkanes) is 1. The van der Waals surface area contributed by atoms with E-state index >= 15 is 0 Å². The van der Waals surface area contributed by atoms with E-state index in [-0.39, 0.29) is 24.0 Å². The number of aliphatic imine (C=N–C) groups is 1. The lowest BCUT2D eigenvalue weighted by Crippen LogP contribution is -2.36. The van der Waals surface area contributed by atoms with Gasteiger partial charge in [0.05, 0.1) is 13.2 Å². The third-order valence-corrected chi connectivity index (χ3v) is 4.52. The Morgan fingerprint density at radius 1 is 1.16 bits per heavy atom. The number of hydrogen-bond donors (Lipinski definition) is 2. The smallest absolute Gasteiger partial charge is 0.193 e. The van der Waals surface area contributed by atoms with Gasteiger partial charge in [-0.15, -0.1) is 24.0 Å². The SMILES string of the molecule is CCc1cccc(CC)c1NC(N)=NCCCCN1CCOCC1.I. The minimum Gasteiger partial charge on any atom is -0.379 e. The summed E-state index contributed by atoms with van der Waals surface area (Å²) in [6, 6.07) is 6.41. The summed E-state index contributed by atoms with van der Waals surface area (Å²) in [6.07, 6.45) is 4.20. The molecule has 1 aliphatic rings. The molecule has 6 heteroatoms. The zero-order valence-electron chi connectivity index (χ0n) is 15.6. The molecule has 1 heterocycles. The first-order valence-electron chi connectivity index (χ1n) is 9.22. The number of anilines is 1. The molecule has 0 amide bonds. The number of nitrogens with zero attached hydrogens (tertiary/aromatic N) is 2. The Kier molecular flexibility index (Phi) is 11.1. The van der Waals surface area contributed by atoms with E-state index in [0.29, 0.717) is 5.96 Å². The van der Waals surface area contributed by atoms with E-state index in [2.05, 4.69) is 47.3 Å². The fourth-order valence-electron chi connectivity index (χ4n) is 3.04. The zero-order chi connectivity index (χ0) is 17.2. The largest absolute Gasteiger partial charge is 0.379 e. The zero-order valence-corrected chi connectivity index (χ0v) is 17.9. The van der Waals surface area contributed by atoms with Crippen molar-refractivity contribution in [2.24, 2.45) is 10.7 Å². The summed E-state index contributed by atoms with van der Waals surface area (Å²) in [7, 11) is 0. The molecule has 0 saturated carbocycles. The average Bonchev–Trinajstić information content (AvgIpc) is 2.62.